The Balaban J connectivity index is 2.32. The average molecular weight is 216 g/mol. The van der Waals surface area contributed by atoms with E-state index in [1.807, 2.05) is 16.7 Å². The van der Waals surface area contributed by atoms with Gasteiger partial charge in [0, 0.05) is 19.6 Å². The van der Waals surface area contributed by atoms with Crippen molar-refractivity contribution >= 4 is 17.7 Å². The minimum atomic E-state index is 0.0676. The minimum Gasteiger partial charge on any atom is -0.340 e. The summed E-state index contributed by atoms with van der Waals surface area (Å²) in [5.41, 5.74) is 0. The van der Waals surface area contributed by atoms with Crippen LogP contribution in [0, 0.1) is 0 Å². The van der Waals surface area contributed by atoms with Gasteiger partial charge in [-0.2, -0.15) is 11.8 Å². The van der Waals surface area contributed by atoms with E-state index in [0.717, 1.165) is 38.2 Å². The van der Waals surface area contributed by atoms with Crippen LogP contribution in [-0.2, 0) is 4.79 Å². The molecule has 0 aromatic rings. The van der Waals surface area contributed by atoms with Crippen LogP contribution in [0.3, 0.4) is 0 Å². The van der Waals surface area contributed by atoms with E-state index in [1.165, 1.54) is 0 Å². The van der Waals surface area contributed by atoms with Crippen molar-refractivity contribution in [2.45, 2.75) is 25.8 Å². The number of nitrogens with one attached hydrogen (secondary N) is 1. The van der Waals surface area contributed by atoms with Gasteiger partial charge in [-0.3, -0.25) is 4.79 Å². The summed E-state index contributed by atoms with van der Waals surface area (Å²) in [5.74, 6) is 1.44. The molecule has 14 heavy (non-hydrogen) atoms. The van der Waals surface area contributed by atoms with Crippen molar-refractivity contribution < 1.29 is 4.79 Å². The van der Waals surface area contributed by atoms with E-state index in [4.69, 9.17) is 0 Å². The first-order chi connectivity index (χ1) is 6.79. The topological polar surface area (TPSA) is 32.3 Å². The summed E-state index contributed by atoms with van der Waals surface area (Å²) in [7, 11) is 0. The Morgan fingerprint density at radius 1 is 1.64 bits per heavy atom. The van der Waals surface area contributed by atoms with Crippen LogP contribution in [0.2, 0.25) is 0 Å². The molecule has 0 spiro atoms. The highest BCUT2D eigenvalue weighted by molar-refractivity contribution is 7.98. The van der Waals surface area contributed by atoms with Gasteiger partial charge in [0.25, 0.3) is 0 Å². The Hall–Kier alpha value is -0.220. The second-order valence-electron chi connectivity index (χ2n) is 3.59. The van der Waals surface area contributed by atoms with E-state index in [2.05, 4.69) is 18.5 Å². The summed E-state index contributed by atoms with van der Waals surface area (Å²) in [4.78, 5) is 13.8. The first-order valence-electron chi connectivity index (χ1n) is 5.30. The van der Waals surface area contributed by atoms with E-state index in [-0.39, 0.29) is 6.04 Å². The number of carbonyl (C=O) groups is 1. The molecule has 0 aromatic carbocycles. The van der Waals surface area contributed by atoms with E-state index < -0.39 is 0 Å². The average Bonchev–Trinajstić information content (AvgIpc) is 2.21. The summed E-state index contributed by atoms with van der Waals surface area (Å²) in [6.45, 7) is 4.81. The molecule has 1 atom stereocenters. The highest BCUT2D eigenvalue weighted by Crippen LogP contribution is 2.06. The monoisotopic (exact) mass is 216 g/mol. The molecular formula is C10H20N2OS. The lowest BCUT2D eigenvalue weighted by Crippen LogP contribution is -2.54. The maximum Gasteiger partial charge on any atom is 0.239 e. The molecule has 1 unspecified atom stereocenters. The van der Waals surface area contributed by atoms with Gasteiger partial charge >= 0.3 is 0 Å². The zero-order chi connectivity index (χ0) is 10.4. The molecule has 1 N–H and O–H groups in total. The molecule has 1 heterocycles. The molecule has 1 aliphatic rings. The first-order valence-corrected chi connectivity index (χ1v) is 6.70. The number of nitrogens with zero attached hydrogens (tertiary/aromatic N) is 1. The lowest BCUT2D eigenvalue weighted by Gasteiger charge is -2.32. The van der Waals surface area contributed by atoms with Crippen molar-refractivity contribution in [1.29, 1.82) is 0 Å². The van der Waals surface area contributed by atoms with Crippen molar-refractivity contribution in [1.82, 2.24) is 10.2 Å². The van der Waals surface area contributed by atoms with Gasteiger partial charge in [0.1, 0.15) is 0 Å². The van der Waals surface area contributed by atoms with Crippen LogP contribution < -0.4 is 5.32 Å². The Morgan fingerprint density at radius 3 is 3.07 bits per heavy atom. The second kappa shape index (κ2) is 6.30. The smallest absolute Gasteiger partial charge is 0.239 e. The zero-order valence-corrected chi connectivity index (χ0v) is 9.90. The fraction of sp³-hybridized carbons (Fsp3) is 0.900. The third-order valence-corrected chi connectivity index (χ3v) is 3.26. The van der Waals surface area contributed by atoms with Gasteiger partial charge in [0.2, 0.25) is 5.91 Å². The molecule has 0 radical (unpaired) electrons. The molecule has 3 nitrogen and oxygen atoms in total. The molecule has 1 rings (SSSR count). The van der Waals surface area contributed by atoms with Gasteiger partial charge in [-0.25, -0.2) is 0 Å². The number of amides is 1. The summed E-state index contributed by atoms with van der Waals surface area (Å²) < 4.78 is 0. The second-order valence-corrected chi connectivity index (χ2v) is 4.57. The number of hydrogen-bond acceptors (Lipinski definition) is 3. The van der Waals surface area contributed by atoms with Gasteiger partial charge < -0.3 is 10.2 Å². The van der Waals surface area contributed by atoms with E-state index in [0.29, 0.717) is 5.91 Å². The lowest BCUT2D eigenvalue weighted by atomic mass is 10.1. The Morgan fingerprint density at radius 2 is 2.43 bits per heavy atom. The number of thioether (sulfide) groups is 1. The largest absolute Gasteiger partial charge is 0.340 e. The lowest BCUT2D eigenvalue weighted by molar-refractivity contribution is -0.135. The first kappa shape index (κ1) is 11.9. The standard InChI is InChI=1S/C10H20N2OS/c1-3-9-10(13)12(7-5-11-9)6-4-8-14-2/h9,11H,3-8H2,1-2H3. The minimum absolute atomic E-state index is 0.0676. The third-order valence-electron chi connectivity index (χ3n) is 2.57. The van der Waals surface area contributed by atoms with Crippen molar-refractivity contribution in [2.75, 3.05) is 31.6 Å². The molecule has 82 valence electrons. The number of hydrogen-bond donors (Lipinski definition) is 1. The predicted octanol–water partition coefficient (Wildman–Crippen LogP) is 0.950. The van der Waals surface area contributed by atoms with E-state index in [9.17, 15) is 4.79 Å². The number of rotatable bonds is 5. The van der Waals surface area contributed by atoms with Crippen molar-refractivity contribution in [3.8, 4) is 0 Å². The molecule has 0 aliphatic carbocycles. The Kier molecular flexibility index (Phi) is 5.33. The quantitative estimate of drug-likeness (QED) is 0.695. The molecule has 1 amide bonds. The number of carbonyl (C=O) groups excluding carboxylic acids is 1. The summed E-state index contributed by atoms with van der Waals surface area (Å²) in [6, 6.07) is 0.0676. The van der Waals surface area contributed by atoms with Gasteiger partial charge in [0.05, 0.1) is 6.04 Å². The molecule has 1 fully saturated rings. The van der Waals surface area contributed by atoms with Crippen LogP contribution >= 0.6 is 11.8 Å². The summed E-state index contributed by atoms with van der Waals surface area (Å²) >= 11 is 1.84. The maximum absolute atomic E-state index is 11.8. The Bertz CT molecular complexity index is 187. The van der Waals surface area contributed by atoms with Gasteiger partial charge in [-0.05, 0) is 24.9 Å². The molecular weight excluding hydrogens is 196 g/mol. The third kappa shape index (κ3) is 3.17. The molecule has 0 saturated carbocycles. The van der Waals surface area contributed by atoms with Crippen molar-refractivity contribution in [3.63, 3.8) is 0 Å². The van der Waals surface area contributed by atoms with E-state index >= 15 is 0 Å². The van der Waals surface area contributed by atoms with E-state index in [1.54, 1.807) is 0 Å². The van der Waals surface area contributed by atoms with Crippen molar-refractivity contribution in [2.24, 2.45) is 0 Å². The van der Waals surface area contributed by atoms with Gasteiger partial charge in [-0.15, -0.1) is 0 Å². The van der Waals surface area contributed by atoms with Crippen molar-refractivity contribution in [3.05, 3.63) is 0 Å². The van der Waals surface area contributed by atoms with Gasteiger partial charge in [0.15, 0.2) is 0 Å². The molecule has 1 aliphatic heterocycles. The van der Waals surface area contributed by atoms with Crippen LogP contribution in [0.5, 0.6) is 0 Å². The highest BCUT2D eigenvalue weighted by Gasteiger charge is 2.25. The van der Waals surface area contributed by atoms with Crippen LogP contribution in [-0.4, -0.2) is 48.5 Å². The van der Waals surface area contributed by atoms with Crippen LogP contribution in [0.1, 0.15) is 19.8 Å². The normalized spacial score (nSPS) is 22.9. The fourth-order valence-electron chi connectivity index (χ4n) is 1.73. The SMILES string of the molecule is CCC1NCCN(CCCSC)C1=O. The molecule has 0 aromatic heterocycles. The number of piperazine rings is 1. The zero-order valence-electron chi connectivity index (χ0n) is 9.08. The summed E-state index contributed by atoms with van der Waals surface area (Å²) in [5, 5.41) is 3.24. The molecule has 1 saturated heterocycles. The van der Waals surface area contributed by atoms with Crippen LogP contribution in [0.4, 0.5) is 0 Å². The van der Waals surface area contributed by atoms with Crippen LogP contribution in [0.15, 0.2) is 0 Å². The van der Waals surface area contributed by atoms with Gasteiger partial charge in [-0.1, -0.05) is 6.92 Å². The molecule has 4 heteroatoms. The predicted molar refractivity (Wildman–Crippen MR) is 61.7 cm³/mol. The maximum atomic E-state index is 11.8. The fourth-order valence-corrected chi connectivity index (χ4v) is 2.15. The summed E-state index contributed by atoms with van der Waals surface area (Å²) in [6.07, 6.45) is 4.12. The van der Waals surface area contributed by atoms with Crippen LogP contribution in [0.25, 0.3) is 0 Å². The Labute approximate surface area is 90.6 Å². The molecule has 0 bridgehead atoms. The highest BCUT2D eigenvalue weighted by atomic mass is 32.2.